The quantitative estimate of drug-likeness (QED) is 0.217. The number of rotatable bonds is 12. The van der Waals surface area contributed by atoms with Crippen LogP contribution in [0.25, 0.3) is 0 Å². The van der Waals surface area contributed by atoms with Crippen LogP contribution in [0.4, 0.5) is 10.5 Å². The number of fused-ring (bicyclic) bond motifs is 1. The first-order valence-corrected chi connectivity index (χ1v) is 17.8. The van der Waals surface area contributed by atoms with Crippen molar-refractivity contribution in [1.29, 1.82) is 0 Å². The van der Waals surface area contributed by atoms with Gasteiger partial charge in [-0.15, -0.1) is 0 Å². The summed E-state index contributed by atoms with van der Waals surface area (Å²) in [5, 5.41) is 6.13. The first-order chi connectivity index (χ1) is 23.7. The SMILES string of the molecule is COc1ccc(COC[C@H](C)N2C[C@@H](C)[C@H](CN(C)Cc3ccccc3C)Oc3ccc(NC(=O)NC4CCCCC4)cc3CC2=O)cc1. The minimum atomic E-state index is -0.212. The van der Waals surface area contributed by atoms with Gasteiger partial charge < -0.3 is 29.7 Å². The standard InChI is InChI=1S/C40H54N4O5/c1-28-11-9-10-12-32(28)24-43(4)25-38-29(2)23-44(30(3)26-48-27-31-15-18-36(47-5)19-16-31)39(45)22-33-21-35(17-20-37(33)49-38)42-40(46)41-34-13-7-6-8-14-34/h9-12,15-21,29-30,34,38H,6-8,13-14,22-27H2,1-5H3,(H2,41,42,46)/t29-,30+,38+/m1/s1. The molecule has 0 unspecified atom stereocenters. The van der Waals surface area contributed by atoms with Crippen molar-refractivity contribution in [2.75, 3.05) is 39.2 Å². The largest absolute Gasteiger partial charge is 0.497 e. The number of methoxy groups -OCH3 is 1. The molecule has 9 heteroatoms. The van der Waals surface area contributed by atoms with Crippen LogP contribution in [0.5, 0.6) is 11.5 Å². The third-order valence-electron chi connectivity index (χ3n) is 9.83. The fourth-order valence-electron chi connectivity index (χ4n) is 6.84. The summed E-state index contributed by atoms with van der Waals surface area (Å²) in [4.78, 5) is 31.2. The molecule has 0 saturated heterocycles. The fraction of sp³-hybridized carbons (Fsp3) is 0.500. The maximum Gasteiger partial charge on any atom is 0.319 e. The summed E-state index contributed by atoms with van der Waals surface area (Å²) >= 11 is 0. The summed E-state index contributed by atoms with van der Waals surface area (Å²) in [7, 11) is 3.77. The highest BCUT2D eigenvalue weighted by Gasteiger charge is 2.31. The molecule has 0 radical (unpaired) electrons. The molecule has 3 aromatic carbocycles. The number of carbonyl (C=O) groups is 2. The Balaban J connectivity index is 1.33. The molecular weight excluding hydrogens is 616 g/mol. The molecule has 1 heterocycles. The Bertz CT molecular complexity index is 1520. The Labute approximate surface area is 292 Å². The van der Waals surface area contributed by atoms with Gasteiger partial charge in [0.2, 0.25) is 5.91 Å². The van der Waals surface area contributed by atoms with Crippen molar-refractivity contribution >= 4 is 17.6 Å². The summed E-state index contributed by atoms with van der Waals surface area (Å²) < 4.78 is 18.2. The van der Waals surface area contributed by atoms with E-state index in [1.54, 1.807) is 7.11 Å². The third kappa shape index (κ3) is 10.5. The Morgan fingerprint density at radius 1 is 1.06 bits per heavy atom. The molecule has 5 rings (SSSR count). The Hall–Kier alpha value is -4.08. The molecule has 1 aliphatic heterocycles. The number of nitrogens with zero attached hydrogens (tertiary/aromatic N) is 2. The van der Waals surface area contributed by atoms with E-state index in [0.29, 0.717) is 37.7 Å². The van der Waals surface area contributed by atoms with Gasteiger partial charge >= 0.3 is 6.03 Å². The Morgan fingerprint density at radius 3 is 2.55 bits per heavy atom. The van der Waals surface area contributed by atoms with E-state index in [4.69, 9.17) is 14.2 Å². The zero-order valence-corrected chi connectivity index (χ0v) is 29.9. The molecule has 0 aromatic heterocycles. The van der Waals surface area contributed by atoms with Gasteiger partial charge in [0.05, 0.1) is 32.8 Å². The second-order valence-corrected chi connectivity index (χ2v) is 13.9. The molecule has 1 aliphatic carbocycles. The maximum atomic E-state index is 14.1. The molecule has 1 saturated carbocycles. The number of carbonyl (C=O) groups excluding carboxylic acids is 2. The summed E-state index contributed by atoms with van der Waals surface area (Å²) in [5.41, 5.74) is 4.99. The van der Waals surface area contributed by atoms with Crippen molar-refractivity contribution in [2.45, 2.75) is 90.6 Å². The molecule has 2 aliphatic rings. The van der Waals surface area contributed by atoms with Crippen molar-refractivity contribution in [3.63, 3.8) is 0 Å². The van der Waals surface area contributed by atoms with E-state index >= 15 is 0 Å². The van der Waals surface area contributed by atoms with Gasteiger partial charge in [-0.1, -0.05) is 62.6 Å². The van der Waals surface area contributed by atoms with Crippen LogP contribution in [0, 0.1) is 12.8 Å². The van der Waals surface area contributed by atoms with Crippen molar-refractivity contribution in [2.24, 2.45) is 5.92 Å². The number of benzene rings is 3. The normalized spacial score (nSPS) is 19.2. The van der Waals surface area contributed by atoms with Crippen LogP contribution >= 0.6 is 0 Å². The lowest BCUT2D eigenvalue weighted by molar-refractivity contribution is -0.134. The zero-order valence-electron chi connectivity index (χ0n) is 29.9. The second kappa shape index (κ2) is 17.5. The predicted octanol–water partition coefficient (Wildman–Crippen LogP) is 6.96. The minimum Gasteiger partial charge on any atom is -0.497 e. The highest BCUT2D eigenvalue weighted by atomic mass is 16.5. The molecule has 0 bridgehead atoms. The van der Waals surface area contributed by atoms with Gasteiger partial charge in [-0.25, -0.2) is 4.79 Å². The van der Waals surface area contributed by atoms with E-state index in [1.165, 1.54) is 17.5 Å². The number of aryl methyl sites for hydroxylation is 1. The number of nitrogens with one attached hydrogen (secondary N) is 2. The van der Waals surface area contributed by atoms with Crippen LogP contribution in [0.1, 0.15) is 68.2 Å². The van der Waals surface area contributed by atoms with Crippen LogP contribution in [0.15, 0.2) is 66.7 Å². The summed E-state index contributed by atoms with van der Waals surface area (Å²) in [6.45, 7) is 9.21. The number of anilines is 1. The van der Waals surface area contributed by atoms with Gasteiger partial charge in [-0.2, -0.15) is 0 Å². The van der Waals surface area contributed by atoms with Gasteiger partial charge in [0.25, 0.3) is 0 Å². The van der Waals surface area contributed by atoms with E-state index in [0.717, 1.165) is 49.1 Å². The second-order valence-electron chi connectivity index (χ2n) is 13.9. The Kier molecular flexibility index (Phi) is 13.0. The highest BCUT2D eigenvalue weighted by molar-refractivity contribution is 5.90. The van der Waals surface area contributed by atoms with Gasteiger partial charge in [-0.3, -0.25) is 9.69 Å². The summed E-state index contributed by atoms with van der Waals surface area (Å²) in [6.07, 6.45) is 5.52. The number of hydrogen-bond acceptors (Lipinski definition) is 6. The van der Waals surface area contributed by atoms with Crippen LogP contribution in [-0.4, -0.2) is 73.8 Å². The van der Waals surface area contributed by atoms with E-state index in [1.807, 2.05) is 54.3 Å². The van der Waals surface area contributed by atoms with Gasteiger partial charge in [0, 0.05) is 42.8 Å². The van der Waals surface area contributed by atoms with Crippen LogP contribution in [0.3, 0.4) is 0 Å². The average molecular weight is 671 g/mol. The van der Waals surface area contributed by atoms with E-state index in [9.17, 15) is 9.59 Å². The van der Waals surface area contributed by atoms with Crippen molar-refractivity contribution in [1.82, 2.24) is 15.1 Å². The lowest BCUT2D eigenvalue weighted by Gasteiger charge is -2.34. The first kappa shape index (κ1) is 36.2. The molecule has 49 heavy (non-hydrogen) atoms. The predicted molar refractivity (Wildman–Crippen MR) is 194 cm³/mol. The van der Waals surface area contributed by atoms with Crippen LogP contribution in [0.2, 0.25) is 0 Å². The number of likely N-dealkylation sites (N-methyl/N-ethyl adjacent to an activating group) is 1. The molecule has 3 atom stereocenters. The highest BCUT2D eigenvalue weighted by Crippen LogP contribution is 2.30. The topological polar surface area (TPSA) is 92.4 Å². The van der Waals surface area contributed by atoms with Crippen LogP contribution < -0.4 is 20.1 Å². The molecule has 2 N–H and O–H groups in total. The van der Waals surface area contributed by atoms with Gasteiger partial charge in [0.15, 0.2) is 0 Å². The zero-order chi connectivity index (χ0) is 34.8. The number of urea groups is 1. The van der Waals surface area contributed by atoms with Crippen molar-refractivity contribution in [3.05, 3.63) is 89.0 Å². The van der Waals surface area contributed by atoms with Crippen molar-refractivity contribution < 1.29 is 23.8 Å². The molecule has 3 aromatic rings. The average Bonchev–Trinajstić information content (AvgIpc) is 3.13. The van der Waals surface area contributed by atoms with E-state index < -0.39 is 0 Å². The molecule has 9 nitrogen and oxygen atoms in total. The minimum absolute atomic E-state index is 0.00923. The molecule has 0 spiro atoms. The fourth-order valence-corrected chi connectivity index (χ4v) is 6.84. The first-order valence-electron chi connectivity index (χ1n) is 17.8. The number of hydrogen-bond donors (Lipinski definition) is 2. The maximum absolute atomic E-state index is 14.1. The van der Waals surface area contributed by atoms with Crippen LogP contribution in [-0.2, 0) is 29.1 Å². The van der Waals surface area contributed by atoms with E-state index in [2.05, 4.69) is 60.7 Å². The summed E-state index contributed by atoms with van der Waals surface area (Å²) in [5.74, 6) is 1.53. The lowest BCUT2D eigenvalue weighted by atomic mass is 9.96. The number of amides is 3. The summed E-state index contributed by atoms with van der Waals surface area (Å²) in [6, 6.07) is 21.8. The lowest BCUT2D eigenvalue weighted by Crippen LogP contribution is -2.47. The van der Waals surface area contributed by atoms with Gasteiger partial charge in [0.1, 0.15) is 17.6 Å². The molecular formula is C40H54N4O5. The Morgan fingerprint density at radius 2 is 1.82 bits per heavy atom. The van der Waals surface area contributed by atoms with Crippen molar-refractivity contribution in [3.8, 4) is 11.5 Å². The van der Waals surface area contributed by atoms with Gasteiger partial charge in [-0.05, 0) is 80.8 Å². The number of ether oxygens (including phenoxy) is 3. The smallest absolute Gasteiger partial charge is 0.319 e. The molecule has 264 valence electrons. The third-order valence-corrected chi connectivity index (χ3v) is 9.83. The van der Waals surface area contributed by atoms with E-state index in [-0.39, 0.29) is 42.5 Å². The monoisotopic (exact) mass is 670 g/mol. The molecule has 3 amide bonds. The molecule has 1 fully saturated rings.